The average Bonchev–Trinajstić information content (AvgIpc) is 3.19. The highest BCUT2D eigenvalue weighted by atomic mass is 16.4. The molecule has 3 aromatic rings. The summed E-state index contributed by atoms with van der Waals surface area (Å²) in [6.45, 7) is 6.52. The number of nitrogens with one attached hydrogen (secondary N) is 2. The lowest BCUT2D eigenvalue weighted by Gasteiger charge is -2.28. The Morgan fingerprint density at radius 1 is 0.815 bits per heavy atom. The Morgan fingerprint density at radius 3 is 2.22 bits per heavy atom. The van der Waals surface area contributed by atoms with E-state index in [0.29, 0.717) is 5.89 Å². The molecule has 0 atom stereocenters. The van der Waals surface area contributed by atoms with Crippen LogP contribution in [0.15, 0.2) is 71.2 Å². The van der Waals surface area contributed by atoms with E-state index < -0.39 is 0 Å². The van der Waals surface area contributed by atoms with Gasteiger partial charge in [-0.15, -0.1) is 10.2 Å². The molecule has 138 valence electrons. The van der Waals surface area contributed by atoms with Crippen molar-refractivity contribution in [1.82, 2.24) is 10.2 Å². The highest BCUT2D eigenvalue weighted by molar-refractivity contribution is 5.51. The normalized spacial score (nSPS) is 20.1. The minimum Gasteiger partial charge on any atom is -0.415 e. The maximum atomic E-state index is 5.85. The summed E-state index contributed by atoms with van der Waals surface area (Å²) < 4.78 is 5.85. The molecule has 1 saturated heterocycles. The van der Waals surface area contributed by atoms with Gasteiger partial charge in [-0.25, -0.2) is 0 Å². The van der Waals surface area contributed by atoms with Gasteiger partial charge in [-0.3, -0.25) is 0 Å². The summed E-state index contributed by atoms with van der Waals surface area (Å²) in [4.78, 5) is 3.16. The van der Waals surface area contributed by atoms with Crippen molar-refractivity contribution in [3.05, 3.63) is 78.2 Å². The van der Waals surface area contributed by atoms with E-state index in [0.717, 1.165) is 37.6 Å². The SMILES string of the molecule is C(=C\c1ccccc1)/C[NH+]1CC[NH+](Cc2nnc(-c3ccccc3)o2)CC1. The molecule has 0 saturated carbocycles. The van der Waals surface area contributed by atoms with Crippen LogP contribution in [0.5, 0.6) is 0 Å². The Kier molecular flexibility index (Phi) is 5.72. The van der Waals surface area contributed by atoms with Gasteiger partial charge in [0.15, 0.2) is 6.54 Å². The first-order chi connectivity index (χ1) is 13.4. The van der Waals surface area contributed by atoms with Crippen LogP contribution >= 0.6 is 0 Å². The van der Waals surface area contributed by atoms with Gasteiger partial charge in [0.2, 0.25) is 5.89 Å². The van der Waals surface area contributed by atoms with E-state index in [9.17, 15) is 0 Å². The molecule has 27 heavy (non-hydrogen) atoms. The number of nitrogens with zero attached hydrogens (tertiary/aromatic N) is 2. The highest BCUT2D eigenvalue weighted by Gasteiger charge is 2.24. The molecule has 1 aliphatic rings. The maximum absolute atomic E-state index is 5.85. The van der Waals surface area contributed by atoms with Crippen LogP contribution in [0.25, 0.3) is 17.5 Å². The van der Waals surface area contributed by atoms with Crippen molar-refractivity contribution >= 4 is 6.08 Å². The summed E-state index contributed by atoms with van der Waals surface area (Å²) >= 11 is 0. The second-order valence-electron chi connectivity index (χ2n) is 7.06. The Morgan fingerprint density at radius 2 is 1.48 bits per heavy atom. The number of aromatic nitrogens is 2. The molecule has 1 aliphatic heterocycles. The van der Waals surface area contributed by atoms with Gasteiger partial charge in [-0.1, -0.05) is 54.6 Å². The molecule has 0 spiro atoms. The van der Waals surface area contributed by atoms with Gasteiger partial charge in [0.05, 0.1) is 6.54 Å². The first kappa shape index (κ1) is 17.6. The van der Waals surface area contributed by atoms with E-state index in [-0.39, 0.29) is 0 Å². The standard InChI is InChI=1S/C22H24N4O/c1-3-8-19(9-4-1)10-7-13-25-14-16-26(17-15-25)18-21-23-24-22(27-21)20-11-5-2-6-12-20/h1-12H,13-18H2/p+2/b10-7+. The summed E-state index contributed by atoms with van der Waals surface area (Å²) in [6, 6.07) is 20.4. The molecule has 0 amide bonds. The van der Waals surface area contributed by atoms with Gasteiger partial charge in [0.25, 0.3) is 5.89 Å². The zero-order valence-electron chi connectivity index (χ0n) is 15.5. The molecule has 2 heterocycles. The van der Waals surface area contributed by atoms with Gasteiger partial charge in [0, 0.05) is 5.56 Å². The fourth-order valence-electron chi connectivity index (χ4n) is 3.50. The van der Waals surface area contributed by atoms with E-state index in [2.05, 4.69) is 52.7 Å². The number of benzene rings is 2. The molecule has 5 nitrogen and oxygen atoms in total. The number of hydrogen-bond donors (Lipinski definition) is 2. The largest absolute Gasteiger partial charge is 0.415 e. The third-order valence-electron chi connectivity index (χ3n) is 5.07. The summed E-state index contributed by atoms with van der Waals surface area (Å²) in [6.07, 6.45) is 4.51. The Bertz CT molecular complexity index is 852. The number of piperazine rings is 1. The predicted octanol–water partition coefficient (Wildman–Crippen LogP) is 0.733. The Hall–Kier alpha value is -2.76. The van der Waals surface area contributed by atoms with E-state index in [4.69, 9.17) is 4.42 Å². The third kappa shape index (κ3) is 4.90. The van der Waals surface area contributed by atoms with Crippen molar-refractivity contribution in [1.29, 1.82) is 0 Å². The van der Waals surface area contributed by atoms with E-state index in [1.165, 1.54) is 23.6 Å². The zero-order valence-corrected chi connectivity index (χ0v) is 15.5. The van der Waals surface area contributed by atoms with Crippen molar-refractivity contribution in [2.75, 3.05) is 32.7 Å². The summed E-state index contributed by atoms with van der Waals surface area (Å²) in [7, 11) is 0. The molecule has 0 bridgehead atoms. The smallest absolute Gasteiger partial charge is 0.271 e. The molecule has 0 aliphatic carbocycles. The molecule has 0 unspecified atom stereocenters. The van der Waals surface area contributed by atoms with Crippen molar-refractivity contribution in [3.8, 4) is 11.5 Å². The lowest BCUT2D eigenvalue weighted by atomic mass is 10.2. The van der Waals surface area contributed by atoms with Crippen molar-refractivity contribution < 1.29 is 14.2 Å². The van der Waals surface area contributed by atoms with Crippen LogP contribution in [-0.4, -0.2) is 42.9 Å². The van der Waals surface area contributed by atoms with Crippen molar-refractivity contribution in [3.63, 3.8) is 0 Å². The first-order valence-corrected chi connectivity index (χ1v) is 9.63. The number of hydrogen-bond acceptors (Lipinski definition) is 3. The summed E-state index contributed by atoms with van der Waals surface area (Å²) in [5.41, 5.74) is 2.25. The highest BCUT2D eigenvalue weighted by Crippen LogP contribution is 2.16. The fraction of sp³-hybridized carbons (Fsp3) is 0.273. The van der Waals surface area contributed by atoms with Gasteiger partial charge in [0.1, 0.15) is 26.2 Å². The lowest BCUT2D eigenvalue weighted by Crippen LogP contribution is -3.27. The lowest BCUT2D eigenvalue weighted by molar-refractivity contribution is -1.02. The van der Waals surface area contributed by atoms with Crippen LogP contribution in [0.2, 0.25) is 0 Å². The second kappa shape index (κ2) is 8.75. The van der Waals surface area contributed by atoms with Gasteiger partial charge in [-0.05, 0) is 23.8 Å². The monoisotopic (exact) mass is 362 g/mol. The van der Waals surface area contributed by atoms with E-state index >= 15 is 0 Å². The van der Waals surface area contributed by atoms with Crippen molar-refractivity contribution in [2.24, 2.45) is 0 Å². The molecule has 2 N–H and O–H groups in total. The zero-order chi connectivity index (χ0) is 18.3. The number of rotatable bonds is 6. The fourth-order valence-corrected chi connectivity index (χ4v) is 3.50. The van der Waals surface area contributed by atoms with Gasteiger partial charge >= 0.3 is 0 Å². The van der Waals surface area contributed by atoms with Gasteiger partial charge < -0.3 is 14.2 Å². The minimum atomic E-state index is 0.611. The quantitative estimate of drug-likeness (QED) is 0.680. The molecule has 1 aromatic heterocycles. The minimum absolute atomic E-state index is 0.611. The summed E-state index contributed by atoms with van der Waals surface area (Å²) in [5.74, 6) is 1.34. The first-order valence-electron chi connectivity index (χ1n) is 9.63. The molecule has 5 heteroatoms. The van der Waals surface area contributed by atoms with Crippen LogP contribution < -0.4 is 9.80 Å². The molecule has 4 rings (SSSR count). The van der Waals surface area contributed by atoms with Crippen LogP contribution in [0.4, 0.5) is 0 Å². The van der Waals surface area contributed by atoms with E-state index in [1.54, 1.807) is 4.90 Å². The van der Waals surface area contributed by atoms with Crippen LogP contribution in [0, 0.1) is 0 Å². The van der Waals surface area contributed by atoms with Crippen LogP contribution in [0.3, 0.4) is 0 Å². The average molecular weight is 362 g/mol. The Balaban J connectivity index is 1.24. The number of quaternary nitrogens is 2. The molecule has 2 aromatic carbocycles. The van der Waals surface area contributed by atoms with Gasteiger partial charge in [-0.2, -0.15) is 0 Å². The molecular weight excluding hydrogens is 336 g/mol. The van der Waals surface area contributed by atoms with Crippen molar-refractivity contribution in [2.45, 2.75) is 6.54 Å². The topological polar surface area (TPSA) is 47.8 Å². The summed E-state index contributed by atoms with van der Waals surface area (Å²) in [5, 5.41) is 8.43. The third-order valence-corrected chi connectivity index (χ3v) is 5.07. The van der Waals surface area contributed by atoms with Crippen LogP contribution in [-0.2, 0) is 6.54 Å². The molecule has 0 radical (unpaired) electrons. The van der Waals surface area contributed by atoms with Crippen LogP contribution in [0.1, 0.15) is 11.5 Å². The predicted molar refractivity (Wildman–Crippen MR) is 105 cm³/mol. The molecular formula is C22H26N4O+2. The van der Waals surface area contributed by atoms with E-state index in [1.807, 2.05) is 30.3 Å². The maximum Gasteiger partial charge on any atom is 0.271 e. The molecule has 1 fully saturated rings. The second-order valence-corrected chi connectivity index (χ2v) is 7.06. The Labute approximate surface area is 159 Å².